The highest BCUT2D eigenvalue weighted by molar-refractivity contribution is 6.11. The average molecular weight is 579 g/mol. The molecule has 0 spiro atoms. The van der Waals surface area contributed by atoms with Gasteiger partial charge in [-0.3, -0.25) is 14.3 Å². The Bertz CT molecular complexity index is 1810. The van der Waals surface area contributed by atoms with Crippen molar-refractivity contribution in [2.24, 2.45) is 0 Å². The van der Waals surface area contributed by atoms with Gasteiger partial charge >= 0.3 is 6.03 Å². The van der Waals surface area contributed by atoms with E-state index < -0.39 is 0 Å². The number of para-hydroxylation sites is 1. The lowest BCUT2D eigenvalue weighted by molar-refractivity contribution is 0.101. The average Bonchev–Trinajstić information content (AvgIpc) is 3.60. The molecule has 11 heteroatoms. The third kappa shape index (κ3) is 5.92. The first-order valence-electron chi connectivity index (χ1n) is 14.4. The third-order valence-electron chi connectivity index (χ3n) is 7.48. The van der Waals surface area contributed by atoms with Crippen LogP contribution in [-0.4, -0.2) is 60.8 Å². The molecule has 1 aliphatic rings. The quantitative estimate of drug-likeness (QED) is 0.260. The lowest BCUT2D eigenvalue weighted by atomic mass is 10.0. The number of rotatable bonds is 5. The number of benzene rings is 2. The van der Waals surface area contributed by atoms with Gasteiger partial charge in [-0.15, -0.1) is 0 Å². The predicted octanol–water partition coefficient (Wildman–Crippen LogP) is 5.33. The van der Waals surface area contributed by atoms with Crippen LogP contribution < -0.4 is 16.0 Å². The maximum atomic E-state index is 13.4. The molecule has 0 unspecified atom stereocenters. The normalized spacial score (nSPS) is 14.2. The van der Waals surface area contributed by atoms with E-state index in [1.54, 1.807) is 35.0 Å². The summed E-state index contributed by atoms with van der Waals surface area (Å²) in [5.41, 5.74) is 3.29. The number of pyridine rings is 1. The number of fused-ring (bicyclic) bond motifs is 2. The molecule has 3 aromatic heterocycles. The second-order valence-electron chi connectivity index (χ2n) is 11.8. The number of hydrogen-bond acceptors (Lipinski definition) is 5. The summed E-state index contributed by atoms with van der Waals surface area (Å²) in [7, 11) is 0. The zero-order valence-corrected chi connectivity index (χ0v) is 24.4. The first kappa shape index (κ1) is 28.0. The van der Waals surface area contributed by atoms with E-state index in [0.717, 1.165) is 23.7 Å². The van der Waals surface area contributed by atoms with Gasteiger partial charge in [-0.25, -0.2) is 9.31 Å². The van der Waals surface area contributed by atoms with Crippen molar-refractivity contribution in [1.29, 1.82) is 0 Å². The Morgan fingerprint density at radius 3 is 2.14 bits per heavy atom. The Morgan fingerprint density at radius 1 is 0.814 bits per heavy atom. The molecule has 5 aromatic rings. The van der Waals surface area contributed by atoms with E-state index in [4.69, 9.17) is 5.10 Å². The van der Waals surface area contributed by atoms with Gasteiger partial charge in [0, 0.05) is 41.6 Å². The van der Waals surface area contributed by atoms with Crippen molar-refractivity contribution in [2.75, 3.05) is 23.7 Å². The standard InChI is InChI=1S/C32H34N8O3/c1-32(2,3)36-31(43)38-18-15-23(16-19-38)40-27-10-5-4-8-24(27)28(37-40)30(42)35-22-13-11-21(12-14-22)34-29(41)25-20-33-39-17-7-6-9-26(25)39/h4-14,17,20,23H,15-16,18-19H2,1-3H3,(H,34,41)(H,35,42)(H,36,43). The predicted molar refractivity (Wildman–Crippen MR) is 165 cm³/mol. The van der Waals surface area contributed by atoms with E-state index in [1.807, 2.05) is 72.8 Å². The van der Waals surface area contributed by atoms with Gasteiger partial charge in [0.05, 0.1) is 28.8 Å². The number of nitrogens with zero attached hydrogens (tertiary/aromatic N) is 5. The molecule has 4 heterocycles. The minimum atomic E-state index is -0.319. The maximum absolute atomic E-state index is 13.4. The Balaban J connectivity index is 1.13. The fraction of sp³-hybridized carbons (Fsp3) is 0.281. The molecular weight excluding hydrogens is 544 g/mol. The summed E-state index contributed by atoms with van der Waals surface area (Å²) in [5, 5.41) is 18.6. The Labute approximate surface area is 248 Å². The number of aromatic nitrogens is 4. The SMILES string of the molecule is CC(C)(C)NC(=O)N1CCC(n2nc(C(=O)Nc3ccc(NC(=O)c4cnn5ccccc45)cc3)c3ccccc32)CC1. The maximum Gasteiger partial charge on any atom is 0.317 e. The first-order chi connectivity index (χ1) is 20.7. The summed E-state index contributed by atoms with van der Waals surface area (Å²) in [5.74, 6) is -0.587. The number of nitrogens with one attached hydrogen (secondary N) is 3. The molecule has 0 saturated carbocycles. The number of piperidine rings is 1. The van der Waals surface area contributed by atoms with E-state index in [2.05, 4.69) is 21.0 Å². The van der Waals surface area contributed by atoms with Crippen molar-refractivity contribution < 1.29 is 14.4 Å². The molecule has 43 heavy (non-hydrogen) atoms. The van der Waals surface area contributed by atoms with Crippen LogP contribution in [0.4, 0.5) is 16.2 Å². The van der Waals surface area contributed by atoms with Crippen LogP contribution in [0.2, 0.25) is 0 Å². The number of hydrogen-bond donors (Lipinski definition) is 3. The molecule has 220 valence electrons. The molecule has 1 aliphatic heterocycles. The minimum Gasteiger partial charge on any atom is -0.333 e. The largest absolute Gasteiger partial charge is 0.333 e. The molecule has 1 fully saturated rings. The summed E-state index contributed by atoms with van der Waals surface area (Å²) in [6, 6.07) is 20.2. The lowest BCUT2D eigenvalue weighted by Gasteiger charge is -2.34. The van der Waals surface area contributed by atoms with Gasteiger partial charge in [0.1, 0.15) is 0 Å². The van der Waals surface area contributed by atoms with Crippen LogP contribution >= 0.6 is 0 Å². The smallest absolute Gasteiger partial charge is 0.317 e. The van der Waals surface area contributed by atoms with Crippen LogP contribution in [0.1, 0.15) is 60.5 Å². The van der Waals surface area contributed by atoms with Crippen molar-refractivity contribution in [3.8, 4) is 0 Å². The fourth-order valence-electron chi connectivity index (χ4n) is 5.38. The van der Waals surface area contributed by atoms with Crippen molar-refractivity contribution in [3.63, 3.8) is 0 Å². The van der Waals surface area contributed by atoms with Crippen LogP contribution in [0.5, 0.6) is 0 Å². The molecule has 0 radical (unpaired) electrons. The van der Waals surface area contributed by atoms with E-state index in [0.29, 0.717) is 41.2 Å². The van der Waals surface area contributed by atoms with Gasteiger partial charge < -0.3 is 20.9 Å². The van der Waals surface area contributed by atoms with E-state index in [9.17, 15) is 14.4 Å². The van der Waals surface area contributed by atoms with Gasteiger partial charge in [0.2, 0.25) is 0 Å². The lowest BCUT2D eigenvalue weighted by Crippen LogP contribution is -2.50. The molecule has 2 aromatic carbocycles. The van der Waals surface area contributed by atoms with Crippen LogP contribution in [0, 0.1) is 0 Å². The monoisotopic (exact) mass is 578 g/mol. The number of carbonyl (C=O) groups is 3. The Hall–Kier alpha value is -5.19. The Morgan fingerprint density at radius 2 is 1.44 bits per heavy atom. The Kier molecular flexibility index (Phi) is 7.31. The van der Waals surface area contributed by atoms with Gasteiger partial charge in [-0.1, -0.05) is 24.3 Å². The fourth-order valence-corrected chi connectivity index (χ4v) is 5.38. The zero-order valence-electron chi connectivity index (χ0n) is 24.4. The highest BCUT2D eigenvalue weighted by atomic mass is 16.2. The van der Waals surface area contributed by atoms with Crippen molar-refractivity contribution in [3.05, 3.63) is 90.4 Å². The van der Waals surface area contributed by atoms with E-state index in [-0.39, 0.29) is 29.4 Å². The van der Waals surface area contributed by atoms with Crippen LogP contribution in [0.3, 0.4) is 0 Å². The van der Waals surface area contributed by atoms with Crippen molar-refractivity contribution in [1.82, 2.24) is 29.6 Å². The summed E-state index contributed by atoms with van der Waals surface area (Å²) in [4.78, 5) is 40.7. The van der Waals surface area contributed by atoms with E-state index in [1.165, 1.54) is 6.20 Å². The number of urea groups is 1. The van der Waals surface area contributed by atoms with Crippen LogP contribution in [0.15, 0.2) is 79.1 Å². The second-order valence-corrected chi connectivity index (χ2v) is 11.8. The van der Waals surface area contributed by atoms with Crippen LogP contribution in [-0.2, 0) is 0 Å². The molecule has 0 aliphatic carbocycles. The van der Waals surface area contributed by atoms with Gasteiger partial charge in [0.25, 0.3) is 11.8 Å². The second kappa shape index (κ2) is 11.2. The molecular formula is C32H34N8O3. The summed E-state index contributed by atoms with van der Waals surface area (Å²) < 4.78 is 3.58. The first-order valence-corrected chi connectivity index (χ1v) is 14.4. The molecule has 11 nitrogen and oxygen atoms in total. The molecule has 0 atom stereocenters. The number of likely N-dealkylation sites (tertiary alicyclic amines) is 1. The minimum absolute atomic E-state index is 0.0580. The molecule has 1 saturated heterocycles. The molecule has 0 bridgehead atoms. The topological polar surface area (TPSA) is 126 Å². The summed E-state index contributed by atoms with van der Waals surface area (Å²) in [6.07, 6.45) is 4.81. The third-order valence-corrected chi connectivity index (χ3v) is 7.48. The highest BCUT2D eigenvalue weighted by Crippen LogP contribution is 2.29. The summed E-state index contributed by atoms with van der Waals surface area (Å²) in [6.45, 7) is 7.14. The van der Waals surface area contributed by atoms with Gasteiger partial charge in [-0.05, 0) is 76.1 Å². The number of carbonyl (C=O) groups excluding carboxylic acids is 3. The van der Waals surface area contributed by atoms with E-state index >= 15 is 0 Å². The molecule has 3 N–H and O–H groups in total. The highest BCUT2D eigenvalue weighted by Gasteiger charge is 2.28. The number of amides is 4. The molecule has 4 amide bonds. The van der Waals surface area contributed by atoms with Gasteiger partial charge in [0.15, 0.2) is 5.69 Å². The zero-order chi connectivity index (χ0) is 30.1. The number of anilines is 2. The summed E-state index contributed by atoms with van der Waals surface area (Å²) >= 11 is 0. The molecule has 6 rings (SSSR count). The van der Waals surface area contributed by atoms with Crippen molar-refractivity contribution in [2.45, 2.75) is 45.2 Å². The van der Waals surface area contributed by atoms with Gasteiger partial charge in [-0.2, -0.15) is 10.2 Å². The van der Waals surface area contributed by atoms with Crippen molar-refractivity contribution >= 4 is 45.6 Å². The van der Waals surface area contributed by atoms with Crippen LogP contribution in [0.25, 0.3) is 16.4 Å².